The van der Waals surface area contributed by atoms with Gasteiger partial charge in [0.1, 0.15) is 0 Å². The van der Waals surface area contributed by atoms with Crippen molar-refractivity contribution in [3.63, 3.8) is 0 Å². The molecule has 0 aliphatic rings. The number of carbonyl (C=O) groups is 2. The molecule has 0 aliphatic heterocycles. The number of fused-ring (bicyclic) bond motifs is 1. The molecule has 0 bridgehead atoms. The normalized spacial score (nSPS) is 10.7. The number of hydrogen-bond donors (Lipinski definition) is 2. The summed E-state index contributed by atoms with van der Waals surface area (Å²) in [6, 6.07) is 8.26. The van der Waals surface area contributed by atoms with Crippen molar-refractivity contribution in [2.45, 2.75) is 26.2 Å². The largest absolute Gasteiger partial charge is 0.478 e. The van der Waals surface area contributed by atoms with E-state index in [1.54, 1.807) is 24.3 Å². The number of unbranched alkanes of at least 4 members (excludes halogenated alkanes) is 1. The summed E-state index contributed by atoms with van der Waals surface area (Å²) in [5, 5.41) is 19.7. The van der Waals surface area contributed by atoms with E-state index in [0.29, 0.717) is 22.8 Å². The molecule has 0 fully saturated rings. The number of hydrogen-bond acceptors (Lipinski definition) is 2. The summed E-state index contributed by atoms with van der Waals surface area (Å²) in [5.74, 6) is -2.04. The van der Waals surface area contributed by atoms with Crippen molar-refractivity contribution >= 4 is 22.7 Å². The van der Waals surface area contributed by atoms with Crippen molar-refractivity contribution in [1.82, 2.24) is 0 Å². The first-order valence-corrected chi connectivity index (χ1v) is 6.57. The molecule has 0 saturated heterocycles. The zero-order valence-electron chi connectivity index (χ0n) is 11.2. The number of carboxylic acid groups (broad SMARTS) is 2. The molecule has 0 atom stereocenters. The summed E-state index contributed by atoms with van der Waals surface area (Å²) in [4.78, 5) is 22.9. The summed E-state index contributed by atoms with van der Waals surface area (Å²) in [6.45, 7) is 2.01. The predicted octanol–water partition coefficient (Wildman–Crippen LogP) is 3.58. The van der Waals surface area contributed by atoms with Gasteiger partial charge >= 0.3 is 11.9 Å². The van der Waals surface area contributed by atoms with Crippen LogP contribution in [0.5, 0.6) is 0 Å². The number of aromatic carboxylic acids is 2. The quantitative estimate of drug-likeness (QED) is 0.872. The third-order valence-corrected chi connectivity index (χ3v) is 3.37. The minimum absolute atomic E-state index is 0.164. The van der Waals surface area contributed by atoms with Crippen molar-refractivity contribution in [3.05, 3.63) is 47.0 Å². The molecule has 0 aliphatic carbocycles. The number of carboxylic acids is 2. The van der Waals surface area contributed by atoms with Crippen molar-refractivity contribution in [2.24, 2.45) is 0 Å². The number of rotatable bonds is 5. The Morgan fingerprint density at radius 1 is 1.05 bits per heavy atom. The molecule has 2 N–H and O–H groups in total. The number of benzene rings is 2. The van der Waals surface area contributed by atoms with Crippen LogP contribution < -0.4 is 0 Å². The molecule has 0 heterocycles. The van der Waals surface area contributed by atoms with E-state index in [9.17, 15) is 19.8 Å². The minimum Gasteiger partial charge on any atom is -0.478 e. The van der Waals surface area contributed by atoms with Crippen molar-refractivity contribution < 1.29 is 19.8 Å². The summed E-state index contributed by atoms with van der Waals surface area (Å²) in [5.41, 5.74) is 0.978. The maximum atomic E-state index is 11.5. The van der Waals surface area contributed by atoms with Crippen LogP contribution >= 0.6 is 0 Å². The van der Waals surface area contributed by atoms with Crippen LogP contribution in [0.4, 0.5) is 0 Å². The molecule has 0 saturated carbocycles. The highest BCUT2D eigenvalue weighted by atomic mass is 16.4. The molecule has 4 nitrogen and oxygen atoms in total. The maximum Gasteiger partial charge on any atom is 0.336 e. The van der Waals surface area contributed by atoms with Gasteiger partial charge in [0.25, 0.3) is 0 Å². The van der Waals surface area contributed by atoms with Gasteiger partial charge in [-0.1, -0.05) is 37.6 Å². The summed E-state index contributed by atoms with van der Waals surface area (Å²) in [7, 11) is 0. The summed E-state index contributed by atoms with van der Waals surface area (Å²) in [6.07, 6.45) is 2.33. The zero-order chi connectivity index (χ0) is 14.7. The van der Waals surface area contributed by atoms with Gasteiger partial charge in [-0.05, 0) is 35.2 Å². The molecule has 0 amide bonds. The molecule has 0 spiro atoms. The smallest absolute Gasteiger partial charge is 0.336 e. The molecule has 2 rings (SSSR count). The lowest BCUT2D eigenvalue weighted by atomic mass is 9.92. The van der Waals surface area contributed by atoms with E-state index in [1.807, 2.05) is 6.92 Å². The molecule has 20 heavy (non-hydrogen) atoms. The fourth-order valence-corrected chi connectivity index (χ4v) is 2.43. The monoisotopic (exact) mass is 272 g/mol. The third-order valence-electron chi connectivity index (χ3n) is 3.37. The second-order valence-corrected chi connectivity index (χ2v) is 4.72. The fraction of sp³-hybridized carbons (Fsp3) is 0.250. The maximum absolute atomic E-state index is 11.5. The van der Waals surface area contributed by atoms with Gasteiger partial charge in [-0.2, -0.15) is 0 Å². The van der Waals surface area contributed by atoms with Crippen LogP contribution in [-0.2, 0) is 6.42 Å². The average Bonchev–Trinajstić information content (AvgIpc) is 2.43. The lowest BCUT2D eigenvalue weighted by Crippen LogP contribution is -2.08. The second-order valence-electron chi connectivity index (χ2n) is 4.72. The van der Waals surface area contributed by atoms with Crippen molar-refractivity contribution in [1.29, 1.82) is 0 Å². The highest BCUT2D eigenvalue weighted by Gasteiger charge is 2.19. The van der Waals surface area contributed by atoms with Crippen LogP contribution in [0.1, 0.15) is 46.0 Å². The molecule has 0 aromatic heterocycles. The molecule has 2 aromatic rings. The van der Waals surface area contributed by atoms with Gasteiger partial charge in [-0.25, -0.2) is 9.59 Å². The highest BCUT2D eigenvalue weighted by molar-refractivity contribution is 6.12. The Morgan fingerprint density at radius 3 is 2.25 bits per heavy atom. The van der Waals surface area contributed by atoms with Gasteiger partial charge in [-0.3, -0.25) is 0 Å². The molecule has 4 heteroatoms. The first-order valence-electron chi connectivity index (χ1n) is 6.57. The molecule has 104 valence electrons. The lowest BCUT2D eigenvalue weighted by Gasteiger charge is -2.12. The van der Waals surface area contributed by atoms with E-state index >= 15 is 0 Å². The standard InChI is InChI=1S/C16H16O4/c1-2-3-6-10-9-13(15(17)18)11-7-4-5-8-12(11)14(10)16(19)20/h4-5,7-9H,2-3,6H2,1H3,(H,17,18)(H,19,20). The minimum atomic E-state index is -1.03. The topological polar surface area (TPSA) is 74.6 Å². The predicted molar refractivity (Wildman–Crippen MR) is 76.5 cm³/mol. The summed E-state index contributed by atoms with van der Waals surface area (Å²) < 4.78 is 0. The van der Waals surface area contributed by atoms with Gasteiger partial charge in [-0.15, -0.1) is 0 Å². The molecule has 0 radical (unpaired) electrons. The lowest BCUT2D eigenvalue weighted by molar-refractivity contribution is 0.0683. The van der Waals surface area contributed by atoms with Crippen molar-refractivity contribution in [2.75, 3.05) is 0 Å². The first-order chi connectivity index (χ1) is 9.56. The van der Waals surface area contributed by atoms with E-state index in [1.165, 1.54) is 6.07 Å². The van der Waals surface area contributed by atoms with Crippen LogP contribution in [0, 0.1) is 0 Å². The van der Waals surface area contributed by atoms with Gasteiger partial charge in [0.2, 0.25) is 0 Å². The Balaban J connectivity index is 2.79. The van der Waals surface area contributed by atoms with E-state index in [0.717, 1.165) is 12.8 Å². The van der Waals surface area contributed by atoms with Gasteiger partial charge in [0.15, 0.2) is 0 Å². The van der Waals surface area contributed by atoms with Crippen LogP contribution in [0.2, 0.25) is 0 Å². The Morgan fingerprint density at radius 2 is 1.70 bits per heavy atom. The molecule has 0 unspecified atom stereocenters. The van der Waals surface area contributed by atoms with Crippen LogP contribution in [0.3, 0.4) is 0 Å². The Labute approximate surface area is 116 Å². The third kappa shape index (κ3) is 2.50. The molecular weight excluding hydrogens is 256 g/mol. The molecular formula is C16H16O4. The van der Waals surface area contributed by atoms with Gasteiger partial charge in [0.05, 0.1) is 11.1 Å². The zero-order valence-corrected chi connectivity index (χ0v) is 11.2. The van der Waals surface area contributed by atoms with E-state index < -0.39 is 11.9 Å². The van der Waals surface area contributed by atoms with Gasteiger partial charge < -0.3 is 10.2 Å². The first kappa shape index (κ1) is 14.1. The van der Waals surface area contributed by atoms with E-state index in [2.05, 4.69) is 0 Å². The Hall–Kier alpha value is -2.36. The molecule has 2 aromatic carbocycles. The SMILES string of the molecule is CCCCc1cc(C(=O)O)c2ccccc2c1C(=O)O. The highest BCUT2D eigenvalue weighted by Crippen LogP contribution is 2.28. The van der Waals surface area contributed by atoms with Crippen molar-refractivity contribution in [3.8, 4) is 0 Å². The van der Waals surface area contributed by atoms with Crippen LogP contribution in [0.25, 0.3) is 10.8 Å². The van der Waals surface area contributed by atoms with Crippen LogP contribution in [-0.4, -0.2) is 22.2 Å². The van der Waals surface area contributed by atoms with E-state index in [4.69, 9.17) is 0 Å². The average molecular weight is 272 g/mol. The van der Waals surface area contributed by atoms with Crippen LogP contribution in [0.15, 0.2) is 30.3 Å². The summed E-state index contributed by atoms with van der Waals surface area (Å²) >= 11 is 0. The van der Waals surface area contributed by atoms with E-state index in [-0.39, 0.29) is 11.1 Å². The Bertz CT molecular complexity index is 673. The fourth-order valence-electron chi connectivity index (χ4n) is 2.43. The number of aryl methyl sites for hydroxylation is 1. The Kier molecular flexibility index (Phi) is 4.03. The second kappa shape index (κ2) is 5.74. The van der Waals surface area contributed by atoms with Gasteiger partial charge in [0, 0.05) is 0 Å².